The molecule has 9 nitrogen and oxygen atoms in total. The normalized spacial score (nSPS) is 20.7. The maximum absolute atomic E-state index is 16.8. The van der Waals surface area contributed by atoms with Gasteiger partial charge in [-0.05, 0) is 63.7 Å². The van der Waals surface area contributed by atoms with Gasteiger partial charge in [-0.1, -0.05) is 12.0 Å². The summed E-state index contributed by atoms with van der Waals surface area (Å²) in [6, 6.07) is 4.47. The molecule has 0 bridgehead atoms. The molecule has 4 aromatic rings. The Balaban J connectivity index is 1.56. The minimum absolute atomic E-state index is 0.0241. The zero-order chi connectivity index (χ0) is 32.3. The average molecular weight is 622 g/mol. The number of benzene rings is 2. The highest BCUT2D eigenvalue weighted by Crippen LogP contribution is 2.43. The van der Waals surface area contributed by atoms with Crippen molar-refractivity contribution in [1.29, 1.82) is 0 Å². The van der Waals surface area contributed by atoms with E-state index in [-0.39, 0.29) is 63.2 Å². The van der Waals surface area contributed by atoms with E-state index in [2.05, 4.69) is 31.1 Å². The number of aromatic hydroxyl groups is 1. The third kappa shape index (κ3) is 5.34. The van der Waals surface area contributed by atoms with Crippen LogP contribution in [0.2, 0.25) is 0 Å². The fourth-order valence-electron chi connectivity index (χ4n) is 6.40. The Labute approximate surface area is 258 Å². The average Bonchev–Trinajstić information content (AvgIpc) is 3.51. The van der Waals surface area contributed by atoms with E-state index < -0.39 is 35.0 Å². The molecule has 4 heterocycles. The van der Waals surface area contributed by atoms with Crippen molar-refractivity contribution in [1.82, 2.24) is 19.9 Å². The number of nitrogens with zero attached hydrogens (tertiary/aromatic N) is 4. The number of pyridine rings is 1. The zero-order valence-electron chi connectivity index (χ0n) is 25.4. The minimum atomic E-state index is -1.21. The van der Waals surface area contributed by atoms with Crippen LogP contribution in [0.5, 0.6) is 17.6 Å². The molecule has 45 heavy (non-hydrogen) atoms. The Hall–Kier alpha value is -4.34. The molecule has 2 aromatic carbocycles. The van der Waals surface area contributed by atoms with Crippen molar-refractivity contribution in [3.05, 3.63) is 41.5 Å². The molecule has 2 aliphatic heterocycles. The van der Waals surface area contributed by atoms with Crippen LogP contribution < -0.4 is 14.8 Å². The number of methoxy groups -OCH3 is 1. The molecule has 0 amide bonds. The van der Waals surface area contributed by atoms with Crippen LogP contribution >= 0.6 is 0 Å². The Morgan fingerprint density at radius 3 is 2.71 bits per heavy atom. The second kappa shape index (κ2) is 11.2. The molecule has 3 N–H and O–H groups in total. The van der Waals surface area contributed by atoms with Crippen molar-refractivity contribution >= 4 is 27.5 Å². The molecule has 2 fully saturated rings. The van der Waals surface area contributed by atoms with Gasteiger partial charge in [0, 0.05) is 23.9 Å². The molecule has 3 atom stereocenters. The monoisotopic (exact) mass is 621 g/mol. The summed E-state index contributed by atoms with van der Waals surface area (Å²) < 4.78 is 57.7. The van der Waals surface area contributed by atoms with Gasteiger partial charge >= 0.3 is 6.01 Å². The summed E-state index contributed by atoms with van der Waals surface area (Å²) in [7, 11) is 1.34. The number of nitrogens with one attached hydrogen (secondary N) is 1. The number of alkyl halides is 1. The van der Waals surface area contributed by atoms with E-state index in [1.54, 1.807) is 20.8 Å². The lowest BCUT2D eigenvalue weighted by atomic mass is 9.95. The molecule has 2 saturated heterocycles. The van der Waals surface area contributed by atoms with Gasteiger partial charge in [-0.2, -0.15) is 9.97 Å². The van der Waals surface area contributed by atoms with Crippen LogP contribution in [0.3, 0.4) is 0 Å². The van der Waals surface area contributed by atoms with Gasteiger partial charge in [0.2, 0.25) is 5.88 Å². The van der Waals surface area contributed by atoms with Crippen molar-refractivity contribution in [3.63, 3.8) is 0 Å². The first kappa shape index (κ1) is 30.7. The van der Waals surface area contributed by atoms with Gasteiger partial charge in [0.05, 0.1) is 29.9 Å². The van der Waals surface area contributed by atoms with Crippen LogP contribution in [0.4, 0.5) is 19.0 Å². The van der Waals surface area contributed by atoms with Gasteiger partial charge in [0.25, 0.3) is 0 Å². The number of aromatic nitrogens is 3. The van der Waals surface area contributed by atoms with E-state index >= 15 is 4.39 Å². The lowest BCUT2D eigenvalue weighted by Crippen LogP contribution is -2.43. The lowest BCUT2D eigenvalue weighted by Gasteiger charge is -2.31. The first-order valence-electron chi connectivity index (χ1n) is 14.7. The van der Waals surface area contributed by atoms with Gasteiger partial charge < -0.3 is 25.0 Å². The number of fused-ring (bicyclic) bond motifs is 3. The number of ether oxygens (including phenoxy) is 2. The smallest absolute Gasteiger partial charge is 0.319 e. The first-order valence-corrected chi connectivity index (χ1v) is 14.7. The molecule has 0 radical (unpaired) electrons. The highest BCUT2D eigenvalue weighted by atomic mass is 19.1. The third-order valence-corrected chi connectivity index (χ3v) is 9.02. The molecular weight excluding hydrogens is 587 g/mol. The lowest BCUT2D eigenvalue weighted by molar-refractivity contribution is 0.0647. The van der Waals surface area contributed by atoms with Crippen molar-refractivity contribution in [2.24, 2.45) is 0 Å². The van der Waals surface area contributed by atoms with E-state index in [4.69, 9.17) is 15.9 Å². The fourth-order valence-corrected chi connectivity index (χ4v) is 6.40. The quantitative estimate of drug-likeness (QED) is 0.224. The number of hydrogen-bond acceptors (Lipinski definition) is 9. The molecule has 0 unspecified atom stereocenters. The number of terminal acetylenes is 1. The summed E-state index contributed by atoms with van der Waals surface area (Å²) in [6.07, 6.45) is 6.65. The number of phenolic OH excluding ortho intramolecular Hbond substituents is 1. The standard InChI is InChI=1S/C33H34F3N5O4/c1-6-21-23(35)9-8-18-12-20(42)13-22(24(18)21)27-26(36)28-25(30(38-27)44-5)29(37-17(2)32(3,4)43)40-31(39-28)45-16-33-10-7-11-41(33)15-19(34)14-33/h1,8-9,12-13,17,19,42-43H,7,10-11,14-16H2,2-5H3,(H,37,39,40)/t17-,19-,33+/m1/s1. The predicted molar refractivity (Wildman–Crippen MR) is 164 cm³/mol. The molecule has 12 heteroatoms. The molecule has 0 saturated carbocycles. The summed E-state index contributed by atoms with van der Waals surface area (Å²) in [5.74, 6) is 0.489. The number of halogens is 3. The number of hydrogen-bond donors (Lipinski definition) is 3. The van der Waals surface area contributed by atoms with E-state index in [1.165, 1.54) is 31.4 Å². The molecule has 2 aromatic heterocycles. The maximum Gasteiger partial charge on any atom is 0.319 e. The first-order chi connectivity index (χ1) is 21.3. The minimum Gasteiger partial charge on any atom is -0.508 e. The third-order valence-electron chi connectivity index (χ3n) is 9.02. The van der Waals surface area contributed by atoms with Crippen molar-refractivity contribution in [2.45, 2.75) is 63.4 Å². The number of aliphatic hydroxyl groups is 1. The highest BCUT2D eigenvalue weighted by Gasteiger charge is 2.49. The van der Waals surface area contributed by atoms with Crippen molar-refractivity contribution in [3.8, 4) is 41.2 Å². The van der Waals surface area contributed by atoms with Crippen LogP contribution in [0.15, 0.2) is 24.3 Å². The van der Waals surface area contributed by atoms with E-state index in [9.17, 15) is 19.0 Å². The summed E-state index contributed by atoms with van der Waals surface area (Å²) >= 11 is 0. The summed E-state index contributed by atoms with van der Waals surface area (Å²) in [5, 5.41) is 24.9. The van der Waals surface area contributed by atoms with E-state index in [0.29, 0.717) is 18.4 Å². The Morgan fingerprint density at radius 2 is 2.00 bits per heavy atom. The van der Waals surface area contributed by atoms with Gasteiger partial charge in [0.1, 0.15) is 46.8 Å². The van der Waals surface area contributed by atoms with E-state index in [1.807, 2.05) is 0 Å². The molecule has 236 valence electrons. The van der Waals surface area contributed by atoms with Crippen LogP contribution in [0.25, 0.3) is 32.9 Å². The summed E-state index contributed by atoms with van der Waals surface area (Å²) in [4.78, 5) is 15.5. The molecule has 0 spiro atoms. The summed E-state index contributed by atoms with van der Waals surface area (Å²) in [6.45, 7) is 6.13. The molecule has 2 aliphatic rings. The second-order valence-corrected chi connectivity index (χ2v) is 12.4. The van der Waals surface area contributed by atoms with Gasteiger partial charge in [-0.3, -0.25) is 4.90 Å². The van der Waals surface area contributed by atoms with Gasteiger partial charge in [-0.25, -0.2) is 18.2 Å². The fraction of sp³-hybridized carbons (Fsp3) is 0.424. The van der Waals surface area contributed by atoms with Crippen LogP contribution in [-0.2, 0) is 0 Å². The summed E-state index contributed by atoms with van der Waals surface area (Å²) in [5.41, 5.74) is -2.36. The van der Waals surface area contributed by atoms with Crippen molar-refractivity contribution in [2.75, 3.05) is 32.1 Å². The van der Waals surface area contributed by atoms with E-state index in [0.717, 1.165) is 19.4 Å². The van der Waals surface area contributed by atoms with Crippen LogP contribution in [0.1, 0.15) is 45.6 Å². The second-order valence-electron chi connectivity index (χ2n) is 12.4. The molecule has 0 aliphatic carbocycles. The number of rotatable bonds is 8. The molecule has 6 rings (SSSR count). The maximum atomic E-state index is 16.8. The van der Waals surface area contributed by atoms with Crippen LogP contribution in [-0.4, -0.2) is 80.2 Å². The van der Waals surface area contributed by atoms with Gasteiger partial charge in [0.15, 0.2) is 5.82 Å². The topological polar surface area (TPSA) is 113 Å². The van der Waals surface area contributed by atoms with Gasteiger partial charge in [-0.15, -0.1) is 6.42 Å². The highest BCUT2D eigenvalue weighted by molar-refractivity contribution is 6.04. The SMILES string of the molecule is C#Cc1c(F)ccc2cc(O)cc(-c3nc(OC)c4c(N[C@H](C)C(C)(C)O)nc(OC[C@@]56CCCN5C[C@H](F)C6)nc4c3F)c12. The number of anilines is 1. The number of phenols is 1. The largest absolute Gasteiger partial charge is 0.508 e. The predicted octanol–water partition coefficient (Wildman–Crippen LogP) is 5.35. The van der Waals surface area contributed by atoms with Crippen LogP contribution in [0, 0.1) is 24.0 Å². The Morgan fingerprint density at radius 1 is 1.22 bits per heavy atom. The Kier molecular flexibility index (Phi) is 7.65. The zero-order valence-corrected chi connectivity index (χ0v) is 25.4. The van der Waals surface area contributed by atoms with Crippen molar-refractivity contribution < 1.29 is 32.9 Å². The Bertz CT molecular complexity index is 1860. The molecular formula is C33H34F3N5O4.